The molecule has 0 saturated heterocycles. The maximum atomic E-state index is 12.2. The van der Waals surface area contributed by atoms with Crippen LogP contribution in [0.1, 0.15) is 37.1 Å². The van der Waals surface area contributed by atoms with Crippen molar-refractivity contribution in [2.45, 2.75) is 32.2 Å². The van der Waals surface area contributed by atoms with Gasteiger partial charge in [0, 0.05) is 37.4 Å². The van der Waals surface area contributed by atoms with Crippen LogP contribution in [0.25, 0.3) is 5.78 Å². The predicted molar refractivity (Wildman–Crippen MR) is 86.7 cm³/mol. The number of rotatable bonds is 6. The summed E-state index contributed by atoms with van der Waals surface area (Å²) in [6.45, 7) is 2.03. The lowest BCUT2D eigenvalue weighted by atomic mass is 10.1. The number of nitrogens with one attached hydrogen (secondary N) is 1. The Hall–Kier alpha value is -2.76. The van der Waals surface area contributed by atoms with Crippen molar-refractivity contribution in [2.24, 2.45) is 0 Å². The molecule has 0 spiro atoms. The van der Waals surface area contributed by atoms with E-state index >= 15 is 0 Å². The number of imidazole rings is 1. The minimum Gasteiger partial charge on any atom is -0.348 e. The minimum absolute atomic E-state index is 0.0192. The van der Waals surface area contributed by atoms with E-state index in [1.165, 1.54) is 0 Å². The Morgan fingerprint density at radius 2 is 2.26 bits per heavy atom. The second kappa shape index (κ2) is 7.00. The monoisotopic (exact) mass is 309 g/mol. The Morgan fingerprint density at radius 3 is 3.00 bits per heavy atom. The normalized spacial score (nSPS) is 12.2. The Balaban J connectivity index is 1.63. The third kappa shape index (κ3) is 3.71. The number of carbonyl (C=O) groups is 1. The number of hydrogen-bond acceptors (Lipinski definition) is 4. The lowest BCUT2D eigenvalue weighted by molar-refractivity contribution is -0.121. The summed E-state index contributed by atoms with van der Waals surface area (Å²) in [4.78, 5) is 24.9. The van der Waals surface area contributed by atoms with Gasteiger partial charge in [-0.05, 0) is 30.5 Å². The van der Waals surface area contributed by atoms with Crippen molar-refractivity contribution in [3.05, 3.63) is 60.4 Å². The summed E-state index contributed by atoms with van der Waals surface area (Å²) in [6.07, 6.45) is 10.9. The molecule has 1 N–H and O–H groups in total. The highest BCUT2D eigenvalue weighted by molar-refractivity contribution is 5.76. The Morgan fingerprint density at radius 1 is 1.35 bits per heavy atom. The molecular weight excluding hydrogens is 290 g/mol. The molecule has 3 aromatic heterocycles. The third-order valence-corrected chi connectivity index (χ3v) is 3.72. The van der Waals surface area contributed by atoms with Crippen LogP contribution in [-0.4, -0.2) is 25.3 Å². The van der Waals surface area contributed by atoms with Gasteiger partial charge in [0.25, 0.3) is 0 Å². The zero-order valence-electron chi connectivity index (χ0n) is 13.0. The summed E-state index contributed by atoms with van der Waals surface area (Å²) in [5, 5.41) is 3.05. The van der Waals surface area contributed by atoms with Crippen LogP contribution in [-0.2, 0) is 11.2 Å². The molecule has 0 aliphatic rings. The molecule has 3 rings (SSSR count). The summed E-state index contributed by atoms with van der Waals surface area (Å²) in [7, 11) is 0. The standard InChI is InChI=1S/C17H19N5O/c1-2-14(15-12-22-10-4-9-19-17(22)21-15)20-16(23)7-6-13-5-3-8-18-11-13/h3-5,8-12,14H,2,6-7H2,1H3,(H,20,23). The van der Waals surface area contributed by atoms with Crippen molar-refractivity contribution in [3.63, 3.8) is 0 Å². The minimum atomic E-state index is -0.0990. The van der Waals surface area contributed by atoms with Crippen LogP contribution < -0.4 is 5.32 Å². The summed E-state index contributed by atoms with van der Waals surface area (Å²) in [5.74, 6) is 0.663. The van der Waals surface area contributed by atoms with Gasteiger partial charge >= 0.3 is 0 Å². The average Bonchev–Trinajstić information content (AvgIpc) is 3.02. The molecule has 1 amide bonds. The van der Waals surface area contributed by atoms with Crippen molar-refractivity contribution >= 4 is 11.7 Å². The van der Waals surface area contributed by atoms with E-state index in [1.807, 2.05) is 41.9 Å². The van der Waals surface area contributed by atoms with Crippen molar-refractivity contribution in [1.29, 1.82) is 0 Å². The number of aryl methyl sites for hydroxylation is 1. The summed E-state index contributed by atoms with van der Waals surface area (Å²) in [5.41, 5.74) is 1.90. The largest absolute Gasteiger partial charge is 0.348 e. The predicted octanol–water partition coefficient (Wildman–Crippen LogP) is 2.32. The number of fused-ring (bicyclic) bond motifs is 1. The molecule has 3 aromatic rings. The number of amides is 1. The second-order valence-corrected chi connectivity index (χ2v) is 5.38. The lowest BCUT2D eigenvalue weighted by Crippen LogP contribution is -2.28. The van der Waals surface area contributed by atoms with Gasteiger partial charge in [-0.2, -0.15) is 0 Å². The van der Waals surface area contributed by atoms with Gasteiger partial charge in [-0.3, -0.25) is 14.2 Å². The summed E-state index contributed by atoms with van der Waals surface area (Å²) >= 11 is 0. The van der Waals surface area contributed by atoms with Gasteiger partial charge in [0.1, 0.15) is 0 Å². The zero-order chi connectivity index (χ0) is 16.1. The fourth-order valence-electron chi connectivity index (χ4n) is 2.47. The number of pyridine rings is 1. The smallest absolute Gasteiger partial charge is 0.233 e. The van der Waals surface area contributed by atoms with Crippen molar-refractivity contribution in [3.8, 4) is 0 Å². The van der Waals surface area contributed by atoms with Crippen LogP contribution >= 0.6 is 0 Å². The van der Waals surface area contributed by atoms with Gasteiger partial charge in [-0.1, -0.05) is 13.0 Å². The van der Waals surface area contributed by atoms with E-state index in [4.69, 9.17) is 0 Å². The molecule has 0 radical (unpaired) electrons. The number of carbonyl (C=O) groups excluding carboxylic acids is 1. The van der Waals surface area contributed by atoms with E-state index in [-0.39, 0.29) is 11.9 Å². The Bertz CT molecular complexity index is 751. The van der Waals surface area contributed by atoms with E-state index in [0.717, 1.165) is 17.7 Å². The fourth-order valence-corrected chi connectivity index (χ4v) is 2.47. The van der Waals surface area contributed by atoms with Gasteiger partial charge in [0.15, 0.2) is 0 Å². The van der Waals surface area contributed by atoms with E-state index in [0.29, 0.717) is 18.6 Å². The first-order valence-electron chi connectivity index (χ1n) is 7.74. The molecule has 0 aromatic carbocycles. The van der Waals surface area contributed by atoms with Crippen LogP contribution in [0.4, 0.5) is 0 Å². The third-order valence-electron chi connectivity index (χ3n) is 3.72. The molecule has 0 bridgehead atoms. The molecule has 0 aliphatic carbocycles. The quantitative estimate of drug-likeness (QED) is 0.758. The Kier molecular flexibility index (Phi) is 4.61. The van der Waals surface area contributed by atoms with Gasteiger partial charge in [0.2, 0.25) is 11.7 Å². The molecule has 0 fully saturated rings. The van der Waals surface area contributed by atoms with Crippen LogP contribution in [0.3, 0.4) is 0 Å². The second-order valence-electron chi connectivity index (χ2n) is 5.38. The van der Waals surface area contributed by atoms with Gasteiger partial charge in [-0.25, -0.2) is 9.97 Å². The van der Waals surface area contributed by atoms with E-state index in [1.54, 1.807) is 18.6 Å². The topological polar surface area (TPSA) is 72.2 Å². The molecular formula is C17H19N5O. The molecule has 23 heavy (non-hydrogen) atoms. The maximum Gasteiger partial charge on any atom is 0.233 e. The first kappa shape index (κ1) is 15.1. The van der Waals surface area contributed by atoms with E-state index < -0.39 is 0 Å². The molecule has 0 saturated carbocycles. The van der Waals surface area contributed by atoms with Crippen LogP contribution in [0.5, 0.6) is 0 Å². The van der Waals surface area contributed by atoms with Gasteiger partial charge in [-0.15, -0.1) is 0 Å². The molecule has 3 heterocycles. The lowest BCUT2D eigenvalue weighted by Gasteiger charge is -2.14. The number of aromatic nitrogens is 4. The van der Waals surface area contributed by atoms with E-state index in [2.05, 4.69) is 20.3 Å². The first-order chi connectivity index (χ1) is 11.3. The van der Waals surface area contributed by atoms with Crippen LogP contribution in [0.15, 0.2) is 49.2 Å². The summed E-state index contributed by atoms with van der Waals surface area (Å²) < 4.78 is 1.86. The highest BCUT2D eigenvalue weighted by Gasteiger charge is 2.16. The van der Waals surface area contributed by atoms with Gasteiger partial charge in [0.05, 0.1) is 11.7 Å². The zero-order valence-corrected chi connectivity index (χ0v) is 13.0. The van der Waals surface area contributed by atoms with Crippen LogP contribution in [0, 0.1) is 0 Å². The summed E-state index contributed by atoms with van der Waals surface area (Å²) in [6, 6.07) is 5.61. The van der Waals surface area contributed by atoms with Crippen LogP contribution in [0.2, 0.25) is 0 Å². The molecule has 1 unspecified atom stereocenters. The van der Waals surface area contributed by atoms with Crippen molar-refractivity contribution in [2.75, 3.05) is 0 Å². The molecule has 0 aliphatic heterocycles. The fraction of sp³-hybridized carbons (Fsp3) is 0.294. The molecule has 1 atom stereocenters. The highest BCUT2D eigenvalue weighted by atomic mass is 16.1. The highest BCUT2D eigenvalue weighted by Crippen LogP contribution is 2.16. The Labute approximate surface area is 134 Å². The first-order valence-corrected chi connectivity index (χ1v) is 7.74. The maximum absolute atomic E-state index is 12.2. The SMILES string of the molecule is CCC(NC(=O)CCc1cccnc1)c1cn2cccnc2n1. The van der Waals surface area contributed by atoms with Crippen molar-refractivity contribution < 1.29 is 4.79 Å². The molecule has 6 nitrogen and oxygen atoms in total. The average molecular weight is 309 g/mol. The number of nitrogens with zero attached hydrogens (tertiary/aromatic N) is 4. The molecule has 6 heteroatoms. The number of hydrogen-bond donors (Lipinski definition) is 1. The van der Waals surface area contributed by atoms with Crippen molar-refractivity contribution in [1.82, 2.24) is 24.7 Å². The molecule has 118 valence electrons. The van der Waals surface area contributed by atoms with E-state index in [9.17, 15) is 4.79 Å². The van der Waals surface area contributed by atoms with Gasteiger partial charge < -0.3 is 5.32 Å².